The minimum absolute atomic E-state index is 0.162. The molecule has 0 fully saturated rings. The highest BCUT2D eigenvalue weighted by atomic mass is 35.5. The monoisotopic (exact) mass is 579 g/mol. The van der Waals surface area contributed by atoms with Crippen molar-refractivity contribution in [1.29, 1.82) is 0 Å². The summed E-state index contributed by atoms with van der Waals surface area (Å²) in [7, 11) is -4.25. The van der Waals surface area contributed by atoms with Crippen LogP contribution in [-0.4, -0.2) is 50.5 Å². The summed E-state index contributed by atoms with van der Waals surface area (Å²) in [6, 6.07) is 6.68. The van der Waals surface area contributed by atoms with E-state index in [9.17, 15) is 35.6 Å². The van der Waals surface area contributed by atoms with Gasteiger partial charge in [0.05, 0.1) is 22.5 Å². The maximum absolute atomic E-state index is 13.5. The fourth-order valence-electron chi connectivity index (χ4n) is 3.71. The normalized spacial score (nSPS) is 12.6. The average molecular weight is 580 g/mol. The van der Waals surface area contributed by atoms with E-state index in [1.165, 1.54) is 24.3 Å². The number of anilines is 1. The number of carbonyl (C=O) groups is 2. The SMILES string of the molecule is CCCCNC(=O)[C@H](CC)N(Cc1ccc(F)cc1)C(=O)CN(c1ccc(Cl)c(C(F)(F)F)c1)S(C)(=O)=O. The first kappa shape index (κ1) is 31.4. The molecule has 0 aromatic heterocycles. The van der Waals surface area contributed by atoms with Crippen molar-refractivity contribution < 1.29 is 35.6 Å². The largest absolute Gasteiger partial charge is 0.417 e. The predicted molar refractivity (Wildman–Crippen MR) is 138 cm³/mol. The highest BCUT2D eigenvalue weighted by molar-refractivity contribution is 7.92. The molecule has 0 bridgehead atoms. The van der Waals surface area contributed by atoms with Crippen LogP contribution in [0.4, 0.5) is 23.2 Å². The highest BCUT2D eigenvalue weighted by Gasteiger charge is 2.36. The summed E-state index contributed by atoms with van der Waals surface area (Å²) >= 11 is 5.67. The Bertz CT molecular complexity index is 1220. The average Bonchev–Trinajstić information content (AvgIpc) is 2.82. The van der Waals surface area contributed by atoms with Gasteiger partial charge in [0.25, 0.3) is 0 Å². The van der Waals surface area contributed by atoms with E-state index in [0.29, 0.717) is 28.9 Å². The zero-order valence-corrected chi connectivity index (χ0v) is 22.8. The molecule has 38 heavy (non-hydrogen) atoms. The smallest absolute Gasteiger partial charge is 0.354 e. The van der Waals surface area contributed by atoms with Crippen molar-refractivity contribution in [3.05, 3.63) is 64.4 Å². The van der Waals surface area contributed by atoms with Gasteiger partial charge in [-0.25, -0.2) is 12.8 Å². The minimum Gasteiger partial charge on any atom is -0.354 e. The number of alkyl halides is 3. The molecule has 0 radical (unpaired) electrons. The maximum Gasteiger partial charge on any atom is 0.417 e. The summed E-state index contributed by atoms with van der Waals surface area (Å²) in [6.07, 6.45) is -2.42. The van der Waals surface area contributed by atoms with Crippen molar-refractivity contribution >= 4 is 39.1 Å². The van der Waals surface area contributed by atoms with Crippen molar-refractivity contribution in [1.82, 2.24) is 10.2 Å². The van der Waals surface area contributed by atoms with Gasteiger partial charge in [-0.2, -0.15) is 13.2 Å². The summed E-state index contributed by atoms with van der Waals surface area (Å²) in [5.74, 6) is -1.81. The van der Waals surface area contributed by atoms with Crippen LogP contribution in [0, 0.1) is 5.82 Å². The van der Waals surface area contributed by atoms with E-state index >= 15 is 0 Å². The van der Waals surface area contributed by atoms with Crippen LogP contribution in [0.25, 0.3) is 0 Å². The Balaban J connectivity index is 2.48. The van der Waals surface area contributed by atoms with Crippen molar-refractivity contribution in [2.45, 2.75) is 51.9 Å². The molecular formula is C25H30ClF4N3O4S. The van der Waals surface area contributed by atoms with E-state index in [-0.39, 0.29) is 13.0 Å². The van der Waals surface area contributed by atoms with Crippen LogP contribution < -0.4 is 9.62 Å². The fraction of sp³-hybridized carbons (Fsp3) is 0.440. The quantitative estimate of drug-likeness (QED) is 0.284. The first-order chi connectivity index (χ1) is 17.7. The number of sulfonamides is 1. The van der Waals surface area contributed by atoms with Gasteiger partial charge in [-0.05, 0) is 48.7 Å². The molecule has 2 rings (SSSR count). The van der Waals surface area contributed by atoms with E-state index in [4.69, 9.17) is 11.6 Å². The second kappa shape index (κ2) is 13.3. The molecule has 0 saturated heterocycles. The molecule has 13 heteroatoms. The molecule has 2 amide bonds. The molecule has 0 aliphatic rings. The van der Waals surface area contributed by atoms with Crippen molar-refractivity contribution in [3.8, 4) is 0 Å². The van der Waals surface area contributed by atoms with Crippen LogP contribution >= 0.6 is 11.6 Å². The molecule has 7 nitrogen and oxygen atoms in total. The molecule has 0 heterocycles. The molecule has 0 aliphatic heterocycles. The number of nitrogens with zero attached hydrogens (tertiary/aromatic N) is 2. The van der Waals surface area contributed by atoms with Crippen LogP contribution in [0.1, 0.15) is 44.2 Å². The van der Waals surface area contributed by atoms with E-state index < -0.39 is 62.7 Å². The Morgan fingerprint density at radius 2 is 1.71 bits per heavy atom. The van der Waals surface area contributed by atoms with Gasteiger partial charge in [-0.15, -0.1) is 0 Å². The number of nitrogens with one attached hydrogen (secondary N) is 1. The number of hydrogen-bond donors (Lipinski definition) is 1. The minimum atomic E-state index is -4.86. The van der Waals surface area contributed by atoms with E-state index in [1.54, 1.807) is 6.92 Å². The number of unbranched alkanes of at least 4 members (excludes halogenated alkanes) is 1. The zero-order valence-electron chi connectivity index (χ0n) is 21.2. The zero-order chi connectivity index (χ0) is 28.7. The summed E-state index contributed by atoms with van der Waals surface area (Å²) < 4.78 is 79.4. The molecule has 1 atom stereocenters. The highest BCUT2D eigenvalue weighted by Crippen LogP contribution is 2.37. The van der Waals surface area contributed by atoms with Gasteiger partial charge in [-0.3, -0.25) is 13.9 Å². The van der Waals surface area contributed by atoms with Crippen molar-refractivity contribution in [2.24, 2.45) is 0 Å². The summed E-state index contributed by atoms with van der Waals surface area (Å²) in [6.45, 7) is 2.93. The second-order valence-electron chi connectivity index (χ2n) is 8.65. The van der Waals surface area contributed by atoms with E-state index in [2.05, 4.69) is 5.32 Å². The van der Waals surface area contributed by atoms with Gasteiger partial charge in [0.15, 0.2) is 0 Å². The summed E-state index contributed by atoms with van der Waals surface area (Å²) in [4.78, 5) is 27.6. The van der Waals surface area contributed by atoms with Crippen molar-refractivity contribution in [2.75, 3.05) is 23.7 Å². The fourth-order valence-corrected chi connectivity index (χ4v) is 4.78. The third kappa shape index (κ3) is 8.59. The molecule has 210 valence electrons. The van der Waals surface area contributed by atoms with Crippen LogP contribution in [0.5, 0.6) is 0 Å². The molecule has 0 spiro atoms. The van der Waals surface area contributed by atoms with Crippen LogP contribution in [0.2, 0.25) is 5.02 Å². The Labute approximate surface area is 224 Å². The molecular weight excluding hydrogens is 550 g/mol. The third-order valence-electron chi connectivity index (χ3n) is 5.70. The van der Waals surface area contributed by atoms with E-state index in [0.717, 1.165) is 29.7 Å². The first-order valence-corrected chi connectivity index (χ1v) is 14.1. The standard InChI is InChI=1S/C25H30ClF4N3O4S/c1-4-6-13-31-24(35)22(5-2)32(15-17-7-9-18(27)10-8-17)23(34)16-33(38(3,36)37)19-11-12-21(26)20(14-19)25(28,29)30/h7-12,14,22H,4-6,13,15-16H2,1-3H3,(H,31,35)/t22-/m0/s1. The third-order valence-corrected chi connectivity index (χ3v) is 7.17. The van der Waals surface area contributed by atoms with Gasteiger partial charge in [0.1, 0.15) is 18.4 Å². The van der Waals surface area contributed by atoms with Gasteiger partial charge in [-0.1, -0.05) is 44.0 Å². The Kier molecular flexibility index (Phi) is 11.0. The molecule has 1 N–H and O–H groups in total. The molecule has 2 aromatic carbocycles. The van der Waals surface area contributed by atoms with Gasteiger partial charge in [0.2, 0.25) is 21.8 Å². The van der Waals surface area contributed by atoms with Gasteiger partial charge >= 0.3 is 6.18 Å². The number of carbonyl (C=O) groups excluding carboxylic acids is 2. The second-order valence-corrected chi connectivity index (χ2v) is 11.0. The van der Waals surface area contributed by atoms with Crippen LogP contribution in [0.15, 0.2) is 42.5 Å². The topological polar surface area (TPSA) is 86.8 Å². The number of rotatable bonds is 12. The Morgan fingerprint density at radius 1 is 1.08 bits per heavy atom. The lowest BCUT2D eigenvalue weighted by molar-refractivity contribution is -0.140. The number of hydrogen-bond acceptors (Lipinski definition) is 4. The maximum atomic E-state index is 13.5. The van der Waals surface area contributed by atoms with E-state index in [1.807, 2.05) is 6.92 Å². The number of benzene rings is 2. The Hall–Kier alpha value is -2.86. The molecule has 0 unspecified atom stereocenters. The van der Waals surface area contributed by atoms with Crippen LogP contribution in [-0.2, 0) is 32.3 Å². The lowest BCUT2D eigenvalue weighted by Gasteiger charge is -2.33. The lowest BCUT2D eigenvalue weighted by atomic mass is 10.1. The summed E-state index contributed by atoms with van der Waals surface area (Å²) in [5, 5.41) is 2.12. The number of amides is 2. The van der Waals surface area contributed by atoms with Crippen molar-refractivity contribution in [3.63, 3.8) is 0 Å². The van der Waals surface area contributed by atoms with Gasteiger partial charge in [0, 0.05) is 13.1 Å². The predicted octanol–water partition coefficient (Wildman–Crippen LogP) is 4.99. The molecule has 0 aliphatic carbocycles. The lowest BCUT2D eigenvalue weighted by Crippen LogP contribution is -2.52. The summed E-state index contributed by atoms with van der Waals surface area (Å²) in [5.41, 5.74) is -1.21. The first-order valence-electron chi connectivity index (χ1n) is 11.8. The van der Waals surface area contributed by atoms with Crippen LogP contribution in [0.3, 0.4) is 0 Å². The number of halogens is 5. The Morgan fingerprint density at radius 3 is 2.24 bits per heavy atom. The van der Waals surface area contributed by atoms with Gasteiger partial charge < -0.3 is 10.2 Å². The molecule has 2 aromatic rings. The molecule has 0 saturated carbocycles.